The molecule has 0 radical (unpaired) electrons. The van der Waals surface area contributed by atoms with Crippen molar-refractivity contribution in [1.82, 2.24) is 14.5 Å². The number of fused-ring (bicyclic) bond motifs is 1. The number of hydrogen-bond acceptors (Lipinski definition) is 7. The van der Waals surface area contributed by atoms with Crippen LogP contribution in [0.1, 0.15) is 17.4 Å². The predicted octanol–water partition coefficient (Wildman–Crippen LogP) is 0.909. The Labute approximate surface area is 155 Å². The van der Waals surface area contributed by atoms with Crippen LogP contribution >= 0.6 is 0 Å². The number of ether oxygens (including phenoxy) is 1. The number of rotatable bonds is 3. The van der Waals surface area contributed by atoms with Gasteiger partial charge in [-0.15, -0.1) is 0 Å². The standard InChI is InChI=1S/C19H22N4O4/c1-9-3-4-11(5-10(9)2)12-6-23(18-14(12)17(20)21-8-22-18)19-16(26)15(25)13(7-24)27-19/h3-6,8,13,15-16,19,24-26H,7H2,1-2H3,(H2,20,21,22)/t13-,15-,16-,19-/m1/s1. The number of aliphatic hydroxyl groups is 3. The van der Waals surface area contributed by atoms with Crippen molar-refractivity contribution in [3.8, 4) is 11.1 Å². The summed E-state index contributed by atoms with van der Waals surface area (Å²) >= 11 is 0. The molecule has 5 N–H and O–H groups in total. The van der Waals surface area contributed by atoms with Crippen molar-refractivity contribution in [2.45, 2.75) is 38.4 Å². The summed E-state index contributed by atoms with van der Waals surface area (Å²) in [5, 5.41) is 30.5. The van der Waals surface area contributed by atoms with Crippen molar-refractivity contribution in [3.05, 3.63) is 41.9 Å². The van der Waals surface area contributed by atoms with Crippen molar-refractivity contribution in [2.24, 2.45) is 0 Å². The van der Waals surface area contributed by atoms with Crippen LogP contribution < -0.4 is 5.73 Å². The van der Waals surface area contributed by atoms with E-state index in [0.29, 0.717) is 16.9 Å². The average molecular weight is 370 g/mol. The number of anilines is 1. The normalized spacial score (nSPS) is 25.4. The van der Waals surface area contributed by atoms with Gasteiger partial charge in [-0.2, -0.15) is 0 Å². The first-order chi connectivity index (χ1) is 12.9. The molecule has 3 aromatic rings. The second-order valence-electron chi connectivity index (χ2n) is 6.94. The smallest absolute Gasteiger partial charge is 0.164 e. The van der Waals surface area contributed by atoms with Gasteiger partial charge in [0.2, 0.25) is 0 Å². The highest BCUT2D eigenvalue weighted by Crippen LogP contribution is 2.38. The van der Waals surface area contributed by atoms with E-state index in [4.69, 9.17) is 10.5 Å². The van der Waals surface area contributed by atoms with Crippen molar-refractivity contribution >= 4 is 16.9 Å². The highest BCUT2D eigenvalue weighted by Gasteiger charge is 2.44. The summed E-state index contributed by atoms with van der Waals surface area (Å²) in [4.78, 5) is 8.42. The Bertz CT molecular complexity index is 1000. The quantitative estimate of drug-likeness (QED) is 0.540. The van der Waals surface area contributed by atoms with Crippen molar-refractivity contribution in [1.29, 1.82) is 0 Å². The largest absolute Gasteiger partial charge is 0.394 e. The molecule has 3 heterocycles. The summed E-state index contributed by atoms with van der Waals surface area (Å²) in [5.41, 5.74) is 10.7. The van der Waals surface area contributed by atoms with E-state index in [1.165, 1.54) is 11.9 Å². The molecule has 27 heavy (non-hydrogen) atoms. The van der Waals surface area contributed by atoms with E-state index in [0.717, 1.165) is 16.7 Å². The molecule has 0 aliphatic carbocycles. The Morgan fingerprint density at radius 1 is 1.15 bits per heavy atom. The van der Waals surface area contributed by atoms with Gasteiger partial charge in [0.05, 0.1) is 12.0 Å². The minimum Gasteiger partial charge on any atom is -0.394 e. The van der Waals surface area contributed by atoms with Crippen LogP contribution in [0.2, 0.25) is 0 Å². The molecule has 1 aliphatic rings. The molecule has 142 valence electrons. The van der Waals surface area contributed by atoms with Crippen LogP contribution in [0.4, 0.5) is 5.82 Å². The molecule has 4 atom stereocenters. The molecule has 1 aliphatic heterocycles. The van der Waals surface area contributed by atoms with Crippen LogP contribution in [-0.4, -0.2) is 54.8 Å². The van der Waals surface area contributed by atoms with Gasteiger partial charge in [0.15, 0.2) is 6.23 Å². The van der Waals surface area contributed by atoms with Crippen molar-refractivity contribution < 1.29 is 20.1 Å². The first-order valence-corrected chi connectivity index (χ1v) is 8.73. The van der Waals surface area contributed by atoms with E-state index >= 15 is 0 Å². The minimum absolute atomic E-state index is 0.318. The van der Waals surface area contributed by atoms with Crippen LogP contribution in [0.15, 0.2) is 30.7 Å². The molecular weight excluding hydrogens is 348 g/mol. The monoisotopic (exact) mass is 370 g/mol. The lowest BCUT2D eigenvalue weighted by Gasteiger charge is -2.17. The van der Waals surface area contributed by atoms with Gasteiger partial charge in [-0.25, -0.2) is 9.97 Å². The lowest BCUT2D eigenvalue weighted by molar-refractivity contribution is -0.0508. The Kier molecular flexibility index (Phi) is 4.35. The van der Waals surface area contributed by atoms with Gasteiger partial charge in [-0.3, -0.25) is 0 Å². The summed E-state index contributed by atoms with van der Waals surface area (Å²) in [7, 11) is 0. The molecule has 0 spiro atoms. The van der Waals surface area contributed by atoms with Crippen molar-refractivity contribution in [3.63, 3.8) is 0 Å². The molecule has 0 bridgehead atoms. The molecule has 8 nitrogen and oxygen atoms in total. The number of aromatic nitrogens is 3. The third kappa shape index (κ3) is 2.78. The van der Waals surface area contributed by atoms with Gasteiger partial charge < -0.3 is 30.4 Å². The number of nitrogen functional groups attached to an aromatic ring is 1. The molecule has 1 saturated heterocycles. The first kappa shape index (κ1) is 17.9. The van der Waals surface area contributed by atoms with Gasteiger partial charge in [-0.05, 0) is 30.5 Å². The third-order valence-electron chi connectivity index (χ3n) is 5.25. The van der Waals surface area contributed by atoms with Gasteiger partial charge in [0, 0.05) is 11.8 Å². The fourth-order valence-electron chi connectivity index (χ4n) is 3.54. The van der Waals surface area contributed by atoms with Crippen LogP contribution in [-0.2, 0) is 4.74 Å². The predicted molar refractivity (Wildman–Crippen MR) is 99.9 cm³/mol. The van der Waals surface area contributed by atoms with E-state index in [1.54, 1.807) is 10.8 Å². The van der Waals surface area contributed by atoms with E-state index in [-0.39, 0.29) is 0 Å². The van der Waals surface area contributed by atoms with Crippen LogP contribution in [0.5, 0.6) is 0 Å². The molecule has 1 aromatic carbocycles. The average Bonchev–Trinajstić information content (AvgIpc) is 3.17. The van der Waals surface area contributed by atoms with E-state index in [1.807, 2.05) is 26.0 Å². The maximum atomic E-state index is 10.4. The minimum atomic E-state index is -1.21. The Balaban J connectivity index is 1.91. The van der Waals surface area contributed by atoms with Crippen LogP contribution in [0.3, 0.4) is 0 Å². The third-order valence-corrected chi connectivity index (χ3v) is 5.25. The Morgan fingerprint density at radius 3 is 2.59 bits per heavy atom. The number of nitrogens with zero attached hydrogens (tertiary/aromatic N) is 3. The zero-order valence-electron chi connectivity index (χ0n) is 15.1. The Hall–Kier alpha value is -2.52. The summed E-state index contributed by atoms with van der Waals surface area (Å²) < 4.78 is 7.31. The molecule has 0 amide bonds. The molecule has 0 unspecified atom stereocenters. The topological polar surface area (TPSA) is 127 Å². The SMILES string of the molecule is Cc1ccc(-c2cn([C@@H]3O[C@H](CO)[C@@H](O)[C@H]3O)c3ncnc(N)c23)cc1C. The van der Waals surface area contributed by atoms with Gasteiger partial charge in [-0.1, -0.05) is 18.2 Å². The fourth-order valence-corrected chi connectivity index (χ4v) is 3.54. The van der Waals surface area contributed by atoms with Crippen LogP contribution in [0, 0.1) is 13.8 Å². The lowest BCUT2D eigenvalue weighted by Crippen LogP contribution is -2.33. The molecular formula is C19H22N4O4. The molecule has 1 fully saturated rings. The number of nitrogens with two attached hydrogens (primary N) is 1. The van der Waals surface area contributed by atoms with Crippen LogP contribution in [0.25, 0.3) is 22.2 Å². The summed E-state index contributed by atoms with van der Waals surface area (Å²) in [6.07, 6.45) is -1.02. The summed E-state index contributed by atoms with van der Waals surface area (Å²) in [6, 6.07) is 6.07. The van der Waals surface area contributed by atoms with Gasteiger partial charge >= 0.3 is 0 Å². The summed E-state index contributed by atoms with van der Waals surface area (Å²) in [6.45, 7) is 3.68. The molecule has 8 heteroatoms. The van der Waals surface area contributed by atoms with Gasteiger partial charge in [0.25, 0.3) is 0 Å². The number of aryl methyl sites for hydroxylation is 2. The highest BCUT2D eigenvalue weighted by molar-refractivity contribution is 6.00. The number of aliphatic hydroxyl groups excluding tert-OH is 3. The second kappa shape index (κ2) is 6.58. The zero-order chi connectivity index (χ0) is 19.3. The number of benzene rings is 1. The lowest BCUT2D eigenvalue weighted by atomic mass is 10.0. The first-order valence-electron chi connectivity index (χ1n) is 8.73. The fraction of sp³-hybridized carbons (Fsp3) is 0.368. The highest BCUT2D eigenvalue weighted by atomic mass is 16.6. The molecule has 4 rings (SSSR count). The zero-order valence-corrected chi connectivity index (χ0v) is 15.1. The summed E-state index contributed by atoms with van der Waals surface area (Å²) in [5.74, 6) is 0.318. The van der Waals surface area contributed by atoms with Gasteiger partial charge in [0.1, 0.15) is 36.1 Å². The molecule has 2 aromatic heterocycles. The van der Waals surface area contributed by atoms with E-state index < -0.39 is 31.1 Å². The number of hydrogen-bond donors (Lipinski definition) is 4. The van der Waals surface area contributed by atoms with Crippen molar-refractivity contribution in [2.75, 3.05) is 12.3 Å². The maximum Gasteiger partial charge on any atom is 0.164 e. The Morgan fingerprint density at radius 2 is 1.93 bits per heavy atom. The van der Waals surface area contributed by atoms with E-state index in [9.17, 15) is 15.3 Å². The van der Waals surface area contributed by atoms with E-state index in [2.05, 4.69) is 16.0 Å². The molecule has 0 saturated carbocycles. The second-order valence-corrected chi connectivity index (χ2v) is 6.94. The maximum absolute atomic E-state index is 10.4.